The first-order chi connectivity index (χ1) is 17.3. The van der Waals surface area contributed by atoms with Crippen LogP contribution in [-0.4, -0.2) is 35.1 Å². The number of carbonyl (C=O) groups excluding carboxylic acids is 1. The minimum Gasteiger partial charge on any atom is -0.393 e. The molecule has 6 rings (SSSR count). The average Bonchev–Trinajstić information content (AvgIpc) is 3.51. The lowest BCUT2D eigenvalue weighted by Gasteiger charge is -2.72. The van der Waals surface area contributed by atoms with E-state index in [1.54, 1.807) is 0 Å². The van der Waals surface area contributed by atoms with E-state index in [0.717, 1.165) is 44.7 Å². The van der Waals surface area contributed by atoms with E-state index >= 15 is 0 Å². The van der Waals surface area contributed by atoms with E-state index in [2.05, 4.69) is 53.0 Å². The lowest BCUT2D eigenvalue weighted by Crippen LogP contribution is -2.67. The van der Waals surface area contributed by atoms with Crippen molar-refractivity contribution in [2.45, 2.75) is 125 Å². The van der Waals surface area contributed by atoms with Gasteiger partial charge in [-0.3, -0.25) is 4.79 Å². The molecule has 1 heterocycles. The van der Waals surface area contributed by atoms with Gasteiger partial charge < -0.3 is 10.0 Å². The summed E-state index contributed by atoms with van der Waals surface area (Å²) in [7, 11) is 0. The van der Waals surface area contributed by atoms with Crippen molar-refractivity contribution >= 4 is 5.91 Å². The second-order valence-corrected chi connectivity index (χ2v) is 16.2. The minimum absolute atomic E-state index is 0.00640. The summed E-state index contributed by atoms with van der Waals surface area (Å²) in [6.45, 7) is 21.4. The summed E-state index contributed by atoms with van der Waals surface area (Å²) >= 11 is 0. The van der Waals surface area contributed by atoms with Crippen LogP contribution < -0.4 is 0 Å². The Balaban J connectivity index is 1.39. The Kier molecular flexibility index (Phi) is 5.95. The number of fused-ring (bicyclic) bond motifs is 7. The fraction of sp³-hybridized carbons (Fsp3) is 0.912. The van der Waals surface area contributed by atoms with Crippen LogP contribution in [0.25, 0.3) is 0 Å². The Morgan fingerprint density at radius 1 is 0.811 bits per heavy atom. The zero-order valence-corrected chi connectivity index (χ0v) is 24.9. The van der Waals surface area contributed by atoms with Gasteiger partial charge in [0.05, 0.1) is 11.5 Å². The summed E-state index contributed by atoms with van der Waals surface area (Å²) in [5, 5.41) is 11.0. The summed E-state index contributed by atoms with van der Waals surface area (Å²) in [4.78, 5) is 16.6. The molecule has 0 bridgehead atoms. The van der Waals surface area contributed by atoms with Crippen LogP contribution in [0.15, 0.2) is 12.2 Å². The number of rotatable bonds is 2. The van der Waals surface area contributed by atoms with Crippen molar-refractivity contribution in [1.82, 2.24) is 4.90 Å². The molecule has 0 aromatic heterocycles. The van der Waals surface area contributed by atoms with Gasteiger partial charge in [-0.2, -0.15) is 0 Å². The highest BCUT2D eigenvalue weighted by molar-refractivity contribution is 5.84. The number of aliphatic hydroxyl groups is 1. The number of aliphatic hydroxyl groups excluding tert-OH is 1. The third-order valence-electron chi connectivity index (χ3n) is 14.9. The third kappa shape index (κ3) is 3.25. The van der Waals surface area contributed by atoms with Gasteiger partial charge >= 0.3 is 0 Å². The Morgan fingerprint density at radius 2 is 1.51 bits per heavy atom. The Morgan fingerprint density at radius 3 is 2.19 bits per heavy atom. The lowest BCUT2D eigenvalue weighted by molar-refractivity contribution is -0.247. The van der Waals surface area contributed by atoms with Crippen molar-refractivity contribution in [3.05, 3.63) is 12.2 Å². The average molecular weight is 510 g/mol. The van der Waals surface area contributed by atoms with Crippen molar-refractivity contribution < 1.29 is 9.90 Å². The van der Waals surface area contributed by atoms with Crippen LogP contribution in [0.4, 0.5) is 0 Å². The van der Waals surface area contributed by atoms with Crippen LogP contribution in [0.2, 0.25) is 0 Å². The quantitative estimate of drug-likeness (QED) is 0.389. The molecule has 5 saturated carbocycles. The van der Waals surface area contributed by atoms with Crippen molar-refractivity contribution in [2.75, 3.05) is 13.1 Å². The molecule has 0 aromatic rings. The maximum atomic E-state index is 14.3. The summed E-state index contributed by atoms with van der Waals surface area (Å²) in [6.07, 6.45) is 14.0. The van der Waals surface area contributed by atoms with E-state index in [1.165, 1.54) is 56.9 Å². The van der Waals surface area contributed by atoms with E-state index in [4.69, 9.17) is 0 Å². The molecule has 3 heteroatoms. The Hall–Kier alpha value is -0.830. The molecule has 6 aliphatic rings. The fourth-order valence-corrected chi connectivity index (χ4v) is 12.7. The summed E-state index contributed by atoms with van der Waals surface area (Å²) in [6, 6.07) is 0. The van der Waals surface area contributed by atoms with Gasteiger partial charge in [-0.15, -0.1) is 0 Å². The number of carbonyl (C=O) groups is 1. The minimum atomic E-state index is -0.163. The van der Waals surface area contributed by atoms with Gasteiger partial charge in [0.1, 0.15) is 0 Å². The number of allylic oxidation sites excluding steroid dienone is 1. The van der Waals surface area contributed by atoms with Crippen molar-refractivity contribution in [3.63, 3.8) is 0 Å². The first kappa shape index (κ1) is 26.4. The molecule has 1 saturated heterocycles. The number of hydrogen-bond donors (Lipinski definition) is 1. The maximum Gasteiger partial charge on any atom is 0.229 e. The SMILES string of the molecule is C=C(C)[C@@H]1CC[C@]2(C(=O)N3CCCC3)CC[C@]3(C)[C@H](CC[C@@H]4[C@@]5(C)CC[C@H](O)C(C)(C)[C@@H]5CC[C@]43C)[C@@H]12. The van der Waals surface area contributed by atoms with E-state index in [-0.39, 0.29) is 22.3 Å². The summed E-state index contributed by atoms with van der Waals surface area (Å²) in [5.41, 5.74) is 2.10. The van der Waals surface area contributed by atoms with Gasteiger partial charge in [-0.05, 0) is 135 Å². The molecule has 208 valence electrons. The molecule has 10 atom stereocenters. The topological polar surface area (TPSA) is 40.5 Å². The molecule has 37 heavy (non-hydrogen) atoms. The zero-order valence-electron chi connectivity index (χ0n) is 24.9. The largest absolute Gasteiger partial charge is 0.393 e. The summed E-state index contributed by atoms with van der Waals surface area (Å²) < 4.78 is 0. The molecule has 0 aromatic carbocycles. The highest BCUT2D eigenvalue weighted by atomic mass is 16.3. The summed E-state index contributed by atoms with van der Waals surface area (Å²) in [5.74, 6) is 3.46. The zero-order chi connectivity index (χ0) is 26.6. The molecule has 0 spiro atoms. The van der Waals surface area contributed by atoms with E-state index in [1.807, 2.05) is 0 Å². The van der Waals surface area contributed by atoms with E-state index < -0.39 is 0 Å². The number of amides is 1. The molecule has 3 nitrogen and oxygen atoms in total. The van der Waals surface area contributed by atoms with E-state index in [9.17, 15) is 9.90 Å². The van der Waals surface area contributed by atoms with Gasteiger partial charge in [0.25, 0.3) is 0 Å². The predicted octanol–water partition coefficient (Wildman–Crippen LogP) is 7.63. The van der Waals surface area contributed by atoms with Crippen molar-refractivity contribution in [2.24, 2.45) is 56.7 Å². The molecular formula is C34H55NO2. The van der Waals surface area contributed by atoms with Gasteiger partial charge in [-0.25, -0.2) is 0 Å². The molecule has 5 aliphatic carbocycles. The second-order valence-electron chi connectivity index (χ2n) is 16.2. The highest BCUT2D eigenvalue weighted by Crippen LogP contribution is 2.77. The van der Waals surface area contributed by atoms with Crippen LogP contribution in [0.3, 0.4) is 0 Å². The van der Waals surface area contributed by atoms with Gasteiger partial charge in [0.15, 0.2) is 0 Å². The maximum absolute atomic E-state index is 14.3. The van der Waals surface area contributed by atoms with Crippen molar-refractivity contribution in [1.29, 1.82) is 0 Å². The second kappa shape index (κ2) is 8.34. The van der Waals surface area contributed by atoms with Crippen LogP contribution in [0.1, 0.15) is 119 Å². The number of hydrogen-bond acceptors (Lipinski definition) is 2. The van der Waals surface area contributed by atoms with Crippen LogP contribution in [0.5, 0.6) is 0 Å². The molecule has 1 amide bonds. The van der Waals surface area contributed by atoms with Crippen molar-refractivity contribution in [3.8, 4) is 0 Å². The normalized spacial score (nSPS) is 52.6. The standard InChI is InChI=1S/C34H55NO2/c1-22(2)23-12-17-34(29(37)35-20-8-9-21-35)19-18-32(6)24(28(23)34)10-11-26-31(5)15-14-27(36)30(3,4)25(31)13-16-33(26,32)7/h23-28,36H,1,8-21H2,2-7H3/t23-,24+,25-,26+,27-,28+,31-,32+,33+,34-/m0/s1. The van der Waals surface area contributed by atoms with Gasteiger partial charge in [-0.1, -0.05) is 46.8 Å². The van der Waals surface area contributed by atoms with Crippen LogP contribution in [-0.2, 0) is 4.79 Å². The molecule has 6 fully saturated rings. The van der Waals surface area contributed by atoms with Gasteiger partial charge in [0.2, 0.25) is 5.91 Å². The smallest absolute Gasteiger partial charge is 0.229 e. The van der Waals surface area contributed by atoms with E-state index in [0.29, 0.717) is 40.4 Å². The molecule has 1 N–H and O–H groups in total. The highest BCUT2D eigenvalue weighted by Gasteiger charge is 2.72. The number of nitrogens with zero attached hydrogens (tertiary/aromatic N) is 1. The molecule has 0 radical (unpaired) electrons. The Labute approximate surface area is 227 Å². The Bertz CT molecular complexity index is 965. The third-order valence-corrected chi connectivity index (χ3v) is 14.9. The number of likely N-dealkylation sites (tertiary alicyclic amines) is 1. The van der Waals surface area contributed by atoms with Crippen LogP contribution in [0, 0.1) is 56.7 Å². The fourth-order valence-electron chi connectivity index (χ4n) is 12.7. The lowest BCUT2D eigenvalue weighted by atomic mass is 9.32. The first-order valence-corrected chi connectivity index (χ1v) is 16.0. The molecule has 1 aliphatic heterocycles. The predicted molar refractivity (Wildman–Crippen MR) is 151 cm³/mol. The van der Waals surface area contributed by atoms with Crippen LogP contribution >= 0.6 is 0 Å². The first-order valence-electron chi connectivity index (χ1n) is 16.0. The molecule has 0 unspecified atom stereocenters. The monoisotopic (exact) mass is 509 g/mol. The van der Waals surface area contributed by atoms with Gasteiger partial charge in [0, 0.05) is 13.1 Å². The molecular weight excluding hydrogens is 454 g/mol.